The molecule has 0 unspecified atom stereocenters. The normalized spacial score (nSPS) is 11.8. The first-order valence-electron chi connectivity index (χ1n) is 19.1. The van der Waals surface area contributed by atoms with Crippen molar-refractivity contribution in [2.75, 3.05) is 0 Å². The predicted molar refractivity (Wildman–Crippen MR) is 210 cm³/mol. The maximum absolute atomic E-state index is 16.8. The first kappa shape index (κ1) is 51.2. The largest absolute Gasteiger partial charge is 0.623 e. The Kier molecular flexibility index (Phi) is 13.3. The first-order chi connectivity index (χ1) is 32.7. The van der Waals surface area contributed by atoms with Crippen LogP contribution >= 0.6 is 0 Å². The fraction of sp³-hybridized carbons (Fsp3) is 0.0667. The van der Waals surface area contributed by atoms with E-state index < -0.39 is 198 Å². The average Bonchev–Trinajstić information content (AvgIpc) is 3.32. The Balaban J connectivity index is 2.12. The van der Waals surface area contributed by atoms with E-state index in [0.717, 1.165) is 48.5 Å². The van der Waals surface area contributed by atoms with Gasteiger partial charge in [-0.1, -0.05) is 59.7 Å². The SMILES string of the molecule is Cc1ccc([Si](OB(O)O)(c2ccc(C)cc2)c2c(-c3c(F)c(F)c(F)c(F)c3F)c(-c3c(F)c(F)c(F)c(F)c3F)c(C)c(-c3c(F)c(F)c(F)c(F)c3F)c2-c2c(F)c(F)c(F)c(F)c2F)cc1. The van der Waals surface area contributed by atoms with Gasteiger partial charge in [-0.05, 0) is 64.1 Å². The highest BCUT2D eigenvalue weighted by Gasteiger charge is 2.53. The third-order valence-corrected chi connectivity index (χ3v) is 15.2. The van der Waals surface area contributed by atoms with Gasteiger partial charge in [0.15, 0.2) is 93.1 Å². The van der Waals surface area contributed by atoms with Crippen molar-refractivity contribution in [1.29, 1.82) is 0 Å². The number of benzene rings is 7. The predicted octanol–water partition coefficient (Wildman–Crippen LogP) is 11.0. The number of rotatable bonds is 9. The van der Waals surface area contributed by atoms with E-state index in [1.165, 1.54) is 13.8 Å². The number of halogens is 20. The molecule has 0 bridgehead atoms. The molecule has 0 aliphatic carbocycles. The Morgan fingerprint density at radius 3 is 0.714 bits per heavy atom. The van der Waals surface area contributed by atoms with Gasteiger partial charge >= 0.3 is 7.32 Å². The summed E-state index contributed by atoms with van der Waals surface area (Å²) in [5.41, 5.74) is -21.9. The van der Waals surface area contributed by atoms with E-state index in [1.807, 2.05) is 0 Å². The van der Waals surface area contributed by atoms with Crippen LogP contribution in [0.5, 0.6) is 0 Å². The highest BCUT2D eigenvalue weighted by atomic mass is 28.4. The molecule has 0 saturated carbocycles. The Labute approximate surface area is 379 Å². The molecule has 7 rings (SSSR count). The second-order valence-electron chi connectivity index (χ2n) is 15.1. The first-order valence-corrected chi connectivity index (χ1v) is 21.0. The van der Waals surface area contributed by atoms with E-state index in [2.05, 4.69) is 0 Å². The van der Waals surface area contributed by atoms with Crippen LogP contribution < -0.4 is 15.6 Å². The van der Waals surface area contributed by atoms with E-state index in [1.54, 1.807) is 0 Å². The molecule has 0 radical (unpaired) electrons. The Hall–Kier alpha value is -6.70. The molecule has 364 valence electrons. The van der Waals surface area contributed by atoms with Gasteiger partial charge in [0.25, 0.3) is 8.32 Å². The molecule has 0 atom stereocenters. The lowest BCUT2D eigenvalue weighted by molar-refractivity contribution is 0.290. The smallest absolute Gasteiger partial charge is 0.417 e. The van der Waals surface area contributed by atoms with Gasteiger partial charge in [0.05, 0.1) is 22.3 Å². The topological polar surface area (TPSA) is 49.7 Å². The van der Waals surface area contributed by atoms with Crippen LogP contribution in [0.3, 0.4) is 0 Å². The molecule has 0 saturated heterocycles. The Bertz CT molecular complexity index is 3040. The molecule has 0 fully saturated rings. The second-order valence-corrected chi connectivity index (χ2v) is 18.4. The summed E-state index contributed by atoms with van der Waals surface area (Å²) in [5, 5.41) is 17.7. The van der Waals surface area contributed by atoms with Crippen LogP contribution in [0.15, 0.2) is 48.5 Å². The van der Waals surface area contributed by atoms with Crippen molar-refractivity contribution in [2.45, 2.75) is 20.8 Å². The van der Waals surface area contributed by atoms with Gasteiger partial charge < -0.3 is 14.4 Å². The highest BCUT2D eigenvalue weighted by Crippen LogP contribution is 2.52. The summed E-state index contributed by atoms with van der Waals surface area (Å²) in [5.74, 6) is -62.6. The van der Waals surface area contributed by atoms with Crippen LogP contribution in [0.4, 0.5) is 87.8 Å². The molecule has 7 aromatic rings. The zero-order chi connectivity index (χ0) is 52.1. The van der Waals surface area contributed by atoms with E-state index >= 15 is 70.2 Å². The number of hydrogen-bond acceptors (Lipinski definition) is 3. The molecule has 3 nitrogen and oxygen atoms in total. The van der Waals surface area contributed by atoms with Crippen molar-refractivity contribution < 1.29 is 102 Å². The molecule has 7 aromatic carbocycles. The lowest BCUT2D eigenvalue weighted by atomic mass is 9.80. The molecule has 25 heteroatoms. The number of hydrogen-bond donors (Lipinski definition) is 2. The van der Waals surface area contributed by atoms with E-state index in [-0.39, 0.29) is 18.1 Å². The maximum Gasteiger partial charge on any atom is 0.623 e. The third-order valence-electron chi connectivity index (χ3n) is 11.1. The lowest BCUT2D eigenvalue weighted by Gasteiger charge is -2.39. The molecule has 0 spiro atoms. The molecular weight excluding hydrogens is 1010 g/mol. The molecular formula is C45H19BF20O3Si. The summed E-state index contributed by atoms with van der Waals surface area (Å²) < 4.78 is 323. The van der Waals surface area contributed by atoms with Gasteiger partial charge in [0, 0.05) is 0 Å². The number of aryl methyl sites for hydroxylation is 2. The van der Waals surface area contributed by atoms with Crippen molar-refractivity contribution in [3.8, 4) is 44.5 Å². The summed E-state index contributed by atoms with van der Waals surface area (Å²) in [4.78, 5) is 0. The van der Waals surface area contributed by atoms with Crippen molar-refractivity contribution in [3.05, 3.63) is 182 Å². The van der Waals surface area contributed by atoms with Gasteiger partial charge in [-0.25, -0.2) is 87.8 Å². The quantitative estimate of drug-likeness (QED) is 0.0498. The highest BCUT2D eigenvalue weighted by molar-refractivity contribution is 7.10. The van der Waals surface area contributed by atoms with Crippen molar-refractivity contribution in [1.82, 2.24) is 0 Å². The standard InChI is InChI=1S/C45H19BF20O3Si/c1-12-4-8-15(9-5-12)70(69-46(67)68,16-10-6-13(2)7-11-16)45-19(23-29(51)37(59)43(65)38(60)30(23)52)17(21-25(47)33(55)41(63)34(56)26(21)48)14(3)18(22-27(49)35(57)42(64)36(58)28(22)50)20(45)24-31(53)39(61)44(66)40(62)32(24)54/h4-11,67-68H,1-3H3. The minimum absolute atomic E-state index is 0.0401. The fourth-order valence-electron chi connectivity index (χ4n) is 8.03. The Morgan fingerprint density at radius 2 is 0.500 bits per heavy atom. The summed E-state index contributed by atoms with van der Waals surface area (Å²) in [7, 11) is -10.1. The van der Waals surface area contributed by atoms with Crippen LogP contribution in [0, 0.1) is 137 Å². The molecule has 0 amide bonds. The maximum atomic E-state index is 16.8. The summed E-state index contributed by atoms with van der Waals surface area (Å²) in [6, 6.07) is 7.18. The minimum atomic E-state index is -6.53. The molecule has 0 aromatic heterocycles. The van der Waals surface area contributed by atoms with Gasteiger partial charge in [-0.15, -0.1) is 0 Å². The third kappa shape index (κ3) is 7.51. The molecule has 0 aliphatic rings. The van der Waals surface area contributed by atoms with Crippen LogP contribution in [0.1, 0.15) is 16.7 Å². The fourth-order valence-corrected chi connectivity index (χ4v) is 12.1. The van der Waals surface area contributed by atoms with E-state index in [9.17, 15) is 27.6 Å². The average molecular weight is 1030 g/mol. The van der Waals surface area contributed by atoms with Gasteiger partial charge in [0.1, 0.15) is 0 Å². The van der Waals surface area contributed by atoms with Gasteiger partial charge in [-0.2, -0.15) is 0 Å². The summed E-state index contributed by atoms with van der Waals surface area (Å²) in [6.45, 7) is 2.67. The molecule has 70 heavy (non-hydrogen) atoms. The Morgan fingerprint density at radius 1 is 0.300 bits per heavy atom. The lowest BCUT2D eigenvalue weighted by Crippen LogP contribution is -2.72. The van der Waals surface area contributed by atoms with Crippen molar-refractivity contribution >= 4 is 31.2 Å². The molecule has 0 aliphatic heterocycles. The van der Waals surface area contributed by atoms with Gasteiger partial charge in [-0.3, -0.25) is 0 Å². The van der Waals surface area contributed by atoms with Crippen molar-refractivity contribution in [3.63, 3.8) is 0 Å². The molecule has 0 heterocycles. The van der Waals surface area contributed by atoms with E-state index in [0.29, 0.717) is 0 Å². The van der Waals surface area contributed by atoms with Crippen LogP contribution in [-0.4, -0.2) is 25.7 Å². The zero-order valence-corrected chi connectivity index (χ0v) is 35.6. The summed E-state index contributed by atoms with van der Waals surface area (Å²) in [6.07, 6.45) is 0. The minimum Gasteiger partial charge on any atom is -0.417 e. The van der Waals surface area contributed by atoms with Crippen molar-refractivity contribution in [2.24, 2.45) is 0 Å². The molecule has 2 N–H and O–H groups in total. The van der Waals surface area contributed by atoms with Gasteiger partial charge in [0.2, 0.25) is 23.3 Å². The zero-order valence-electron chi connectivity index (χ0n) is 34.6. The van der Waals surface area contributed by atoms with E-state index in [4.69, 9.17) is 4.34 Å². The monoisotopic (exact) mass is 1030 g/mol. The van der Waals surface area contributed by atoms with Crippen LogP contribution in [-0.2, 0) is 4.34 Å². The van der Waals surface area contributed by atoms with Crippen LogP contribution in [0.25, 0.3) is 44.5 Å². The second kappa shape index (κ2) is 18.2. The van der Waals surface area contributed by atoms with Crippen LogP contribution in [0.2, 0.25) is 0 Å². The summed E-state index contributed by atoms with van der Waals surface area (Å²) >= 11 is 0.